The van der Waals surface area contributed by atoms with E-state index in [4.69, 9.17) is 9.47 Å². The molecule has 1 amide bonds. The SMILES string of the molecule is COC(=O)C(C)Sc1ccccc1C(=O)NCc1ccccc1OCc1ccccc1. The first-order chi connectivity index (χ1) is 15.1. The quantitative estimate of drug-likeness (QED) is 0.385. The second-order valence-electron chi connectivity index (χ2n) is 6.84. The Bertz CT molecular complexity index is 1020. The minimum Gasteiger partial charge on any atom is -0.489 e. The predicted octanol–water partition coefficient (Wildman–Crippen LogP) is 4.85. The van der Waals surface area contributed by atoms with E-state index >= 15 is 0 Å². The van der Waals surface area contributed by atoms with Gasteiger partial charge in [-0.15, -0.1) is 11.8 Å². The molecule has 1 N–H and O–H groups in total. The van der Waals surface area contributed by atoms with Gasteiger partial charge in [-0.25, -0.2) is 0 Å². The van der Waals surface area contributed by atoms with Gasteiger partial charge in [0, 0.05) is 17.0 Å². The summed E-state index contributed by atoms with van der Waals surface area (Å²) < 4.78 is 10.8. The van der Waals surface area contributed by atoms with E-state index in [1.54, 1.807) is 19.1 Å². The van der Waals surface area contributed by atoms with Crippen LogP contribution >= 0.6 is 11.8 Å². The highest BCUT2D eigenvalue weighted by Crippen LogP contribution is 2.28. The maximum Gasteiger partial charge on any atom is 0.318 e. The molecule has 160 valence electrons. The molecule has 0 aromatic heterocycles. The van der Waals surface area contributed by atoms with Crippen LogP contribution in [0, 0.1) is 0 Å². The summed E-state index contributed by atoms with van der Waals surface area (Å²) in [6, 6.07) is 24.8. The van der Waals surface area contributed by atoms with Crippen molar-refractivity contribution in [3.63, 3.8) is 0 Å². The van der Waals surface area contributed by atoms with Gasteiger partial charge in [-0.2, -0.15) is 0 Å². The maximum atomic E-state index is 12.9. The zero-order valence-corrected chi connectivity index (χ0v) is 18.4. The fourth-order valence-corrected chi connectivity index (χ4v) is 3.98. The highest BCUT2D eigenvalue weighted by molar-refractivity contribution is 8.00. The number of ether oxygens (including phenoxy) is 2. The van der Waals surface area contributed by atoms with Crippen molar-refractivity contribution in [2.75, 3.05) is 7.11 Å². The largest absolute Gasteiger partial charge is 0.489 e. The van der Waals surface area contributed by atoms with E-state index in [1.165, 1.54) is 18.9 Å². The number of carbonyl (C=O) groups is 2. The van der Waals surface area contributed by atoms with Crippen LogP contribution in [-0.2, 0) is 22.7 Å². The number of hydrogen-bond acceptors (Lipinski definition) is 5. The molecule has 0 heterocycles. The van der Waals surface area contributed by atoms with Crippen LogP contribution in [0.3, 0.4) is 0 Å². The third-order valence-electron chi connectivity index (χ3n) is 4.62. The normalized spacial score (nSPS) is 11.4. The number of nitrogens with one attached hydrogen (secondary N) is 1. The number of hydrogen-bond donors (Lipinski definition) is 1. The van der Waals surface area contributed by atoms with Gasteiger partial charge in [0.25, 0.3) is 5.91 Å². The molecule has 3 rings (SSSR count). The molecule has 5 nitrogen and oxygen atoms in total. The standard InChI is InChI=1S/C25H25NO4S/c1-18(25(28)29-2)31-23-15-9-7-13-21(23)24(27)26-16-20-12-6-8-14-22(20)30-17-19-10-4-3-5-11-19/h3-15,18H,16-17H2,1-2H3,(H,26,27). The number of methoxy groups -OCH3 is 1. The van der Waals surface area contributed by atoms with Crippen molar-refractivity contribution < 1.29 is 19.1 Å². The van der Waals surface area contributed by atoms with Gasteiger partial charge in [0.05, 0.1) is 12.7 Å². The molecule has 1 unspecified atom stereocenters. The highest BCUT2D eigenvalue weighted by Gasteiger charge is 2.19. The summed E-state index contributed by atoms with van der Waals surface area (Å²) in [6.45, 7) is 2.54. The number of rotatable bonds is 9. The Hall–Kier alpha value is -3.25. The molecule has 0 radical (unpaired) electrons. The van der Waals surface area contributed by atoms with E-state index in [2.05, 4.69) is 5.32 Å². The van der Waals surface area contributed by atoms with Gasteiger partial charge in [0.15, 0.2) is 0 Å². The van der Waals surface area contributed by atoms with Crippen molar-refractivity contribution in [3.05, 3.63) is 95.6 Å². The molecule has 31 heavy (non-hydrogen) atoms. The maximum absolute atomic E-state index is 12.9. The van der Waals surface area contributed by atoms with Gasteiger partial charge in [-0.05, 0) is 30.7 Å². The molecule has 0 saturated carbocycles. The summed E-state index contributed by atoms with van der Waals surface area (Å²) in [4.78, 5) is 25.3. The average molecular weight is 436 g/mol. The number of benzene rings is 3. The lowest BCUT2D eigenvalue weighted by molar-refractivity contribution is -0.139. The third kappa shape index (κ3) is 6.36. The topological polar surface area (TPSA) is 64.6 Å². The average Bonchev–Trinajstić information content (AvgIpc) is 2.82. The van der Waals surface area contributed by atoms with E-state index in [9.17, 15) is 9.59 Å². The van der Waals surface area contributed by atoms with Crippen LogP contribution in [0.5, 0.6) is 5.75 Å². The Labute approximate surface area is 186 Å². The third-order valence-corrected chi connectivity index (χ3v) is 5.77. The molecule has 0 aliphatic carbocycles. The second-order valence-corrected chi connectivity index (χ2v) is 8.23. The summed E-state index contributed by atoms with van der Waals surface area (Å²) in [5.41, 5.74) is 2.48. The monoisotopic (exact) mass is 435 g/mol. The molecule has 3 aromatic rings. The Morgan fingerprint density at radius 3 is 2.39 bits per heavy atom. The van der Waals surface area contributed by atoms with Crippen molar-refractivity contribution in [2.45, 2.75) is 30.2 Å². The minimum absolute atomic E-state index is 0.210. The Kier molecular flexibility index (Phi) is 8.12. The summed E-state index contributed by atoms with van der Waals surface area (Å²) in [5, 5.41) is 2.55. The molecule has 0 spiro atoms. The number of para-hydroxylation sites is 1. The van der Waals surface area contributed by atoms with Gasteiger partial charge in [0.1, 0.15) is 17.6 Å². The zero-order valence-electron chi connectivity index (χ0n) is 17.5. The molecular formula is C25H25NO4S. The smallest absolute Gasteiger partial charge is 0.318 e. The highest BCUT2D eigenvalue weighted by atomic mass is 32.2. The van der Waals surface area contributed by atoms with Crippen molar-refractivity contribution in [3.8, 4) is 5.75 Å². The minimum atomic E-state index is -0.411. The van der Waals surface area contributed by atoms with Crippen molar-refractivity contribution in [2.24, 2.45) is 0 Å². The summed E-state index contributed by atoms with van der Waals surface area (Å²) in [5.74, 6) is 0.191. The summed E-state index contributed by atoms with van der Waals surface area (Å²) in [6.07, 6.45) is 0. The molecule has 0 bridgehead atoms. The molecular weight excluding hydrogens is 410 g/mol. The fraction of sp³-hybridized carbons (Fsp3) is 0.200. The van der Waals surface area contributed by atoms with Crippen LogP contribution in [0.25, 0.3) is 0 Å². The van der Waals surface area contributed by atoms with Crippen LogP contribution in [0.15, 0.2) is 83.8 Å². The van der Waals surface area contributed by atoms with E-state index in [1.807, 2.05) is 66.7 Å². The van der Waals surface area contributed by atoms with Crippen LogP contribution in [0.2, 0.25) is 0 Å². The van der Waals surface area contributed by atoms with Gasteiger partial charge < -0.3 is 14.8 Å². The first-order valence-electron chi connectivity index (χ1n) is 9.95. The molecule has 0 saturated heterocycles. The van der Waals surface area contributed by atoms with Crippen LogP contribution in [0.4, 0.5) is 0 Å². The van der Waals surface area contributed by atoms with Crippen LogP contribution in [0.1, 0.15) is 28.4 Å². The van der Waals surface area contributed by atoms with Crippen LogP contribution < -0.4 is 10.1 Å². The summed E-state index contributed by atoms with van der Waals surface area (Å²) >= 11 is 1.30. The molecule has 1 atom stereocenters. The first kappa shape index (κ1) is 22.4. The Morgan fingerprint density at radius 1 is 0.935 bits per heavy atom. The molecule has 3 aromatic carbocycles. The van der Waals surface area contributed by atoms with Gasteiger partial charge in [-0.1, -0.05) is 60.7 Å². The van der Waals surface area contributed by atoms with Gasteiger partial charge in [0.2, 0.25) is 0 Å². The zero-order chi connectivity index (χ0) is 22.1. The van der Waals surface area contributed by atoms with E-state index in [0.717, 1.165) is 21.8 Å². The van der Waals surface area contributed by atoms with Crippen molar-refractivity contribution in [1.82, 2.24) is 5.32 Å². The van der Waals surface area contributed by atoms with Crippen LogP contribution in [-0.4, -0.2) is 24.2 Å². The summed E-state index contributed by atoms with van der Waals surface area (Å²) in [7, 11) is 1.36. The van der Waals surface area contributed by atoms with E-state index in [-0.39, 0.29) is 11.9 Å². The van der Waals surface area contributed by atoms with Crippen molar-refractivity contribution in [1.29, 1.82) is 0 Å². The lowest BCUT2D eigenvalue weighted by Crippen LogP contribution is -2.24. The fourth-order valence-electron chi connectivity index (χ4n) is 2.96. The molecule has 0 fully saturated rings. The number of esters is 1. The molecule has 0 aliphatic rings. The lowest BCUT2D eigenvalue weighted by Gasteiger charge is -2.14. The Morgan fingerprint density at radius 2 is 1.61 bits per heavy atom. The molecule has 0 aliphatic heterocycles. The van der Waals surface area contributed by atoms with Gasteiger partial charge >= 0.3 is 5.97 Å². The number of amides is 1. The lowest BCUT2D eigenvalue weighted by atomic mass is 10.1. The van der Waals surface area contributed by atoms with Crippen molar-refractivity contribution >= 4 is 23.6 Å². The molecule has 6 heteroatoms. The second kappa shape index (κ2) is 11.2. The Balaban J connectivity index is 1.66. The van der Waals surface area contributed by atoms with E-state index in [0.29, 0.717) is 18.7 Å². The number of carbonyl (C=O) groups excluding carboxylic acids is 2. The predicted molar refractivity (Wildman–Crippen MR) is 122 cm³/mol. The number of thioether (sulfide) groups is 1. The first-order valence-corrected chi connectivity index (χ1v) is 10.8. The van der Waals surface area contributed by atoms with E-state index < -0.39 is 5.25 Å². The van der Waals surface area contributed by atoms with Gasteiger partial charge in [-0.3, -0.25) is 9.59 Å².